The maximum atomic E-state index is 13.3. The molecule has 0 atom stereocenters. The van der Waals surface area contributed by atoms with E-state index in [9.17, 15) is 13.2 Å². The van der Waals surface area contributed by atoms with E-state index in [1.165, 1.54) is 0 Å². The largest absolute Gasteiger partial charge is 0.379 e. The first-order valence-electron chi connectivity index (χ1n) is 5.19. The molecule has 0 aliphatic heterocycles. The van der Waals surface area contributed by atoms with Crippen LogP contribution in [-0.4, -0.2) is 0 Å². The summed E-state index contributed by atoms with van der Waals surface area (Å²) >= 11 is 5.79. The zero-order valence-electron chi connectivity index (χ0n) is 9.18. The normalized spacial score (nSPS) is 10.4. The monoisotopic (exact) mass is 271 g/mol. The van der Waals surface area contributed by atoms with Crippen molar-refractivity contribution in [2.24, 2.45) is 0 Å². The lowest BCUT2D eigenvalue weighted by molar-refractivity contribution is 0.496. The molecule has 2 aromatic rings. The van der Waals surface area contributed by atoms with Crippen molar-refractivity contribution in [2.75, 3.05) is 5.32 Å². The molecular formula is C13H9ClF3N. The van der Waals surface area contributed by atoms with Gasteiger partial charge in [0.15, 0.2) is 11.6 Å². The Bertz CT molecular complexity index is 572. The van der Waals surface area contributed by atoms with Crippen molar-refractivity contribution in [1.82, 2.24) is 0 Å². The van der Waals surface area contributed by atoms with Crippen LogP contribution >= 0.6 is 11.6 Å². The van der Waals surface area contributed by atoms with Gasteiger partial charge in [-0.15, -0.1) is 0 Å². The molecule has 0 fully saturated rings. The molecule has 0 aliphatic rings. The van der Waals surface area contributed by atoms with Crippen molar-refractivity contribution in [3.05, 3.63) is 64.4 Å². The van der Waals surface area contributed by atoms with Gasteiger partial charge in [-0.2, -0.15) is 0 Å². The number of benzene rings is 2. The maximum Gasteiger partial charge on any atom is 0.161 e. The van der Waals surface area contributed by atoms with E-state index >= 15 is 0 Å². The molecule has 0 aliphatic carbocycles. The third-order valence-corrected chi connectivity index (χ3v) is 2.62. The topological polar surface area (TPSA) is 12.0 Å². The van der Waals surface area contributed by atoms with Crippen LogP contribution in [-0.2, 0) is 6.54 Å². The number of hydrogen-bond acceptors (Lipinski definition) is 1. The predicted octanol–water partition coefficient (Wildman–Crippen LogP) is 4.37. The molecule has 2 rings (SSSR count). The van der Waals surface area contributed by atoms with Gasteiger partial charge in [0.1, 0.15) is 5.82 Å². The van der Waals surface area contributed by atoms with Gasteiger partial charge in [-0.25, -0.2) is 13.2 Å². The summed E-state index contributed by atoms with van der Waals surface area (Å²) in [4.78, 5) is 0. The van der Waals surface area contributed by atoms with Crippen LogP contribution in [0.1, 0.15) is 5.56 Å². The highest BCUT2D eigenvalue weighted by Gasteiger charge is 2.09. The molecule has 1 nitrogen and oxygen atoms in total. The first-order chi connectivity index (χ1) is 8.56. The predicted molar refractivity (Wildman–Crippen MR) is 65.1 cm³/mol. The standard InChI is InChI=1S/C13H9ClF3N/c14-9-3-1-2-8(4-9)7-18-13-6-11(16)10(15)5-12(13)17/h1-6,18H,7H2. The second kappa shape index (κ2) is 5.31. The van der Waals surface area contributed by atoms with Crippen LogP contribution in [0.3, 0.4) is 0 Å². The average Bonchev–Trinajstić information content (AvgIpc) is 2.32. The first kappa shape index (κ1) is 12.8. The van der Waals surface area contributed by atoms with E-state index in [-0.39, 0.29) is 12.2 Å². The lowest BCUT2D eigenvalue weighted by atomic mass is 10.2. The zero-order valence-corrected chi connectivity index (χ0v) is 9.94. The first-order valence-corrected chi connectivity index (χ1v) is 5.57. The third-order valence-electron chi connectivity index (χ3n) is 2.38. The quantitative estimate of drug-likeness (QED) is 0.818. The smallest absolute Gasteiger partial charge is 0.161 e. The Labute approximate surface area is 107 Å². The van der Waals surface area contributed by atoms with E-state index < -0.39 is 17.5 Å². The Morgan fingerprint density at radius 2 is 1.67 bits per heavy atom. The van der Waals surface area contributed by atoms with E-state index in [4.69, 9.17) is 11.6 Å². The molecule has 0 bridgehead atoms. The number of halogens is 4. The van der Waals surface area contributed by atoms with Crippen molar-refractivity contribution < 1.29 is 13.2 Å². The summed E-state index contributed by atoms with van der Waals surface area (Å²) in [7, 11) is 0. The summed E-state index contributed by atoms with van der Waals surface area (Å²) in [6.45, 7) is 0.266. The number of rotatable bonds is 3. The molecule has 2 aromatic carbocycles. The summed E-state index contributed by atoms with van der Waals surface area (Å²) in [6.07, 6.45) is 0. The molecule has 0 radical (unpaired) electrons. The Hall–Kier alpha value is -1.68. The van der Waals surface area contributed by atoms with E-state index in [1.807, 2.05) is 0 Å². The van der Waals surface area contributed by atoms with Crippen LogP contribution < -0.4 is 5.32 Å². The van der Waals surface area contributed by atoms with Gasteiger partial charge in [0, 0.05) is 23.7 Å². The number of hydrogen-bond donors (Lipinski definition) is 1. The SMILES string of the molecule is Fc1cc(F)c(NCc2cccc(Cl)c2)cc1F. The van der Waals surface area contributed by atoms with Gasteiger partial charge in [-0.1, -0.05) is 23.7 Å². The van der Waals surface area contributed by atoms with E-state index in [0.29, 0.717) is 11.1 Å². The van der Waals surface area contributed by atoms with Crippen molar-refractivity contribution in [3.8, 4) is 0 Å². The average molecular weight is 272 g/mol. The summed E-state index contributed by atoms with van der Waals surface area (Å²) in [5, 5.41) is 3.24. The highest BCUT2D eigenvalue weighted by atomic mass is 35.5. The highest BCUT2D eigenvalue weighted by Crippen LogP contribution is 2.19. The second-order valence-corrected chi connectivity index (χ2v) is 4.17. The van der Waals surface area contributed by atoms with Gasteiger partial charge in [0.05, 0.1) is 5.69 Å². The van der Waals surface area contributed by atoms with Gasteiger partial charge in [0.2, 0.25) is 0 Å². The Kier molecular flexibility index (Phi) is 3.77. The maximum absolute atomic E-state index is 13.3. The van der Waals surface area contributed by atoms with Gasteiger partial charge >= 0.3 is 0 Å². The van der Waals surface area contributed by atoms with Crippen LogP contribution in [0.25, 0.3) is 0 Å². The molecule has 94 valence electrons. The van der Waals surface area contributed by atoms with Crippen LogP contribution in [0.5, 0.6) is 0 Å². The molecule has 0 amide bonds. The fourth-order valence-electron chi connectivity index (χ4n) is 1.50. The van der Waals surface area contributed by atoms with Crippen molar-refractivity contribution in [3.63, 3.8) is 0 Å². The number of anilines is 1. The second-order valence-electron chi connectivity index (χ2n) is 3.73. The molecule has 1 N–H and O–H groups in total. The fraction of sp³-hybridized carbons (Fsp3) is 0.0769. The van der Waals surface area contributed by atoms with E-state index in [2.05, 4.69) is 5.32 Å². The Morgan fingerprint density at radius 1 is 0.944 bits per heavy atom. The van der Waals surface area contributed by atoms with Crippen molar-refractivity contribution in [1.29, 1.82) is 0 Å². The summed E-state index contributed by atoms with van der Waals surface area (Å²) in [5.41, 5.74) is 0.723. The van der Waals surface area contributed by atoms with Crippen molar-refractivity contribution >= 4 is 17.3 Å². The van der Waals surface area contributed by atoms with Gasteiger partial charge < -0.3 is 5.32 Å². The Morgan fingerprint density at radius 3 is 2.39 bits per heavy atom. The molecule has 0 heterocycles. The molecule has 0 spiro atoms. The van der Waals surface area contributed by atoms with Crippen LogP contribution in [0.4, 0.5) is 18.9 Å². The Balaban J connectivity index is 2.13. The van der Waals surface area contributed by atoms with E-state index in [1.54, 1.807) is 24.3 Å². The zero-order chi connectivity index (χ0) is 13.1. The summed E-state index contributed by atoms with van der Waals surface area (Å²) in [5.74, 6) is -3.14. The number of nitrogens with one attached hydrogen (secondary N) is 1. The molecule has 5 heteroatoms. The third kappa shape index (κ3) is 2.96. The van der Waals surface area contributed by atoms with Gasteiger partial charge in [-0.3, -0.25) is 0 Å². The van der Waals surface area contributed by atoms with Crippen LogP contribution in [0.15, 0.2) is 36.4 Å². The minimum atomic E-state index is -1.21. The minimum absolute atomic E-state index is 0.0890. The van der Waals surface area contributed by atoms with Gasteiger partial charge in [0.25, 0.3) is 0 Å². The molecule has 0 aromatic heterocycles. The molecule has 0 saturated carbocycles. The van der Waals surface area contributed by atoms with Gasteiger partial charge in [-0.05, 0) is 17.7 Å². The molecular weight excluding hydrogens is 263 g/mol. The lowest BCUT2D eigenvalue weighted by Crippen LogP contribution is -2.03. The highest BCUT2D eigenvalue weighted by molar-refractivity contribution is 6.30. The lowest BCUT2D eigenvalue weighted by Gasteiger charge is -2.08. The summed E-state index contributed by atoms with van der Waals surface area (Å²) < 4.78 is 39.0. The minimum Gasteiger partial charge on any atom is -0.379 e. The summed E-state index contributed by atoms with van der Waals surface area (Å²) in [6, 6.07) is 8.25. The molecule has 18 heavy (non-hydrogen) atoms. The van der Waals surface area contributed by atoms with E-state index in [0.717, 1.165) is 11.6 Å². The molecule has 0 unspecified atom stereocenters. The van der Waals surface area contributed by atoms with Crippen LogP contribution in [0, 0.1) is 17.5 Å². The van der Waals surface area contributed by atoms with Crippen LogP contribution in [0.2, 0.25) is 5.02 Å². The van der Waals surface area contributed by atoms with Crippen molar-refractivity contribution in [2.45, 2.75) is 6.54 Å². The fourth-order valence-corrected chi connectivity index (χ4v) is 1.72. The molecule has 0 saturated heterocycles.